The molecule has 0 radical (unpaired) electrons. The van der Waals surface area contributed by atoms with E-state index in [-0.39, 0.29) is 0 Å². The second-order valence-corrected chi connectivity index (χ2v) is 7.53. The molecule has 0 heterocycles. The predicted molar refractivity (Wildman–Crippen MR) is 80.7 cm³/mol. The maximum Gasteiger partial charge on any atom is 0.141 e. The second-order valence-electron chi connectivity index (χ2n) is 6.61. The highest BCUT2D eigenvalue weighted by Crippen LogP contribution is 2.69. The minimum Gasteiger partial charge on any atom is -0.496 e. The Bertz CT molecular complexity index is 552. The molecule has 0 amide bonds. The van der Waals surface area contributed by atoms with Crippen molar-refractivity contribution in [1.29, 1.82) is 0 Å². The van der Waals surface area contributed by atoms with E-state index in [0.29, 0.717) is 18.1 Å². The first-order valence-electron chi connectivity index (χ1n) is 7.54. The van der Waals surface area contributed by atoms with E-state index in [9.17, 15) is 4.79 Å². The fourth-order valence-corrected chi connectivity index (χ4v) is 5.35. The molecule has 0 aromatic heterocycles. The van der Waals surface area contributed by atoms with Gasteiger partial charge in [0.05, 0.1) is 7.11 Å². The Labute approximate surface area is 128 Å². The fraction of sp³-hybridized carbons (Fsp3) is 0.588. The van der Waals surface area contributed by atoms with Crippen LogP contribution < -0.4 is 4.74 Å². The average molecular weight is 335 g/mol. The van der Waals surface area contributed by atoms with E-state index in [4.69, 9.17) is 4.74 Å². The fourth-order valence-electron chi connectivity index (χ4n) is 4.95. The largest absolute Gasteiger partial charge is 0.496 e. The molecule has 106 valence electrons. The van der Waals surface area contributed by atoms with Gasteiger partial charge in [0.2, 0.25) is 0 Å². The maximum atomic E-state index is 12.6. The number of benzene rings is 1. The highest BCUT2D eigenvalue weighted by atomic mass is 79.9. The van der Waals surface area contributed by atoms with Crippen LogP contribution in [0.4, 0.5) is 0 Å². The van der Waals surface area contributed by atoms with Gasteiger partial charge in [0.1, 0.15) is 11.5 Å². The quantitative estimate of drug-likeness (QED) is 0.835. The van der Waals surface area contributed by atoms with Crippen LogP contribution in [0.1, 0.15) is 24.8 Å². The van der Waals surface area contributed by atoms with Crippen LogP contribution in [-0.4, -0.2) is 12.9 Å². The van der Waals surface area contributed by atoms with Crippen LogP contribution in [-0.2, 0) is 11.2 Å². The first-order valence-corrected chi connectivity index (χ1v) is 8.33. The van der Waals surface area contributed by atoms with Crippen molar-refractivity contribution in [2.24, 2.45) is 29.6 Å². The van der Waals surface area contributed by atoms with Crippen molar-refractivity contribution in [3.63, 3.8) is 0 Å². The summed E-state index contributed by atoms with van der Waals surface area (Å²) >= 11 is 3.48. The summed E-state index contributed by atoms with van der Waals surface area (Å²) in [4.78, 5) is 12.6. The normalized spacial score (nSPS) is 36.8. The van der Waals surface area contributed by atoms with Gasteiger partial charge < -0.3 is 4.74 Å². The van der Waals surface area contributed by atoms with Gasteiger partial charge >= 0.3 is 0 Å². The highest BCUT2D eigenvalue weighted by Gasteiger charge is 2.66. The summed E-state index contributed by atoms with van der Waals surface area (Å²) in [6.45, 7) is 0. The summed E-state index contributed by atoms with van der Waals surface area (Å²) in [6, 6.07) is 5.91. The van der Waals surface area contributed by atoms with Crippen molar-refractivity contribution in [1.82, 2.24) is 0 Å². The molecule has 0 aliphatic heterocycles. The number of ketones is 1. The Morgan fingerprint density at radius 2 is 2.00 bits per heavy atom. The SMILES string of the molecule is COc1ccc(Br)cc1CC(=O)C1C2C3CCC(C3)C12. The van der Waals surface area contributed by atoms with Gasteiger partial charge in [-0.15, -0.1) is 0 Å². The molecule has 4 unspecified atom stereocenters. The van der Waals surface area contributed by atoms with Crippen molar-refractivity contribution in [2.75, 3.05) is 7.11 Å². The van der Waals surface area contributed by atoms with Gasteiger partial charge in [-0.05, 0) is 61.1 Å². The summed E-state index contributed by atoms with van der Waals surface area (Å²) in [5, 5.41) is 0. The van der Waals surface area contributed by atoms with Crippen molar-refractivity contribution in [3.8, 4) is 5.75 Å². The van der Waals surface area contributed by atoms with Crippen LogP contribution in [0, 0.1) is 29.6 Å². The number of ether oxygens (including phenoxy) is 1. The molecule has 0 saturated heterocycles. The van der Waals surface area contributed by atoms with E-state index in [2.05, 4.69) is 15.9 Å². The molecular formula is C17H19BrO2. The number of fused-ring (bicyclic) bond motifs is 5. The highest BCUT2D eigenvalue weighted by molar-refractivity contribution is 9.10. The Morgan fingerprint density at radius 1 is 1.30 bits per heavy atom. The number of Topliss-reactive ketones (excluding diaryl/α,β-unsaturated/α-hetero) is 1. The topological polar surface area (TPSA) is 26.3 Å². The van der Waals surface area contributed by atoms with Gasteiger partial charge in [-0.3, -0.25) is 4.79 Å². The molecular weight excluding hydrogens is 316 g/mol. The molecule has 20 heavy (non-hydrogen) atoms. The molecule has 3 heteroatoms. The van der Waals surface area contributed by atoms with E-state index in [1.807, 2.05) is 18.2 Å². The lowest BCUT2D eigenvalue weighted by Gasteiger charge is -2.11. The zero-order chi connectivity index (χ0) is 13.9. The molecule has 2 bridgehead atoms. The van der Waals surface area contributed by atoms with Crippen LogP contribution in [0.3, 0.4) is 0 Å². The van der Waals surface area contributed by atoms with Crippen LogP contribution in [0.25, 0.3) is 0 Å². The third kappa shape index (κ3) is 1.86. The van der Waals surface area contributed by atoms with Gasteiger partial charge in [0.15, 0.2) is 0 Å². The Hall–Kier alpha value is -0.830. The molecule has 3 saturated carbocycles. The number of methoxy groups -OCH3 is 1. The molecule has 0 N–H and O–H groups in total. The van der Waals surface area contributed by atoms with Crippen LogP contribution in [0.5, 0.6) is 5.75 Å². The maximum absolute atomic E-state index is 12.6. The molecule has 4 rings (SSSR count). The third-order valence-corrected chi connectivity index (χ3v) is 6.21. The number of carbonyl (C=O) groups is 1. The standard InChI is InChI=1S/C17H19BrO2/c1-20-14-5-4-12(18)7-11(14)8-13(19)17-15-9-2-3-10(6-9)16(15)17/h4-5,7,9-10,15-17H,2-3,6,8H2,1H3. The van der Waals surface area contributed by atoms with Gasteiger partial charge in [-0.2, -0.15) is 0 Å². The van der Waals surface area contributed by atoms with Crippen molar-refractivity contribution in [3.05, 3.63) is 28.2 Å². The second kappa shape index (κ2) is 4.59. The molecule has 2 nitrogen and oxygen atoms in total. The van der Waals surface area contributed by atoms with Crippen LogP contribution in [0.15, 0.2) is 22.7 Å². The number of halogens is 1. The average Bonchev–Trinajstić information content (AvgIpc) is 2.88. The van der Waals surface area contributed by atoms with E-state index in [0.717, 1.165) is 39.5 Å². The minimum absolute atomic E-state index is 0.366. The molecule has 0 spiro atoms. The lowest BCUT2D eigenvalue weighted by Crippen LogP contribution is -2.12. The molecule has 3 aliphatic carbocycles. The molecule has 4 atom stereocenters. The van der Waals surface area contributed by atoms with Gasteiger partial charge in [-0.1, -0.05) is 15.9 Å². The van der Waals surface area contributed by atoms with E-state index in [1.165, 1.54) is 19.3 Å². The number of hydrogen-bond acceptors (Lipinski definition) is 2. The Kier molecular flexibility index (Phi) is 2.95. The summed E-state index contributed by atoms with van der Waals surface area (Å²) in [7, 11) is 1.67. The van der Waals surface area contributed by atoms with Crippen LogP contribution >= 0.6 is 15.9 Å². The van der Waals surface area contributed by atoms with Gasteiger partial charge in [-0.25, -0.2) is 0 Å². The first kappa shape index (κ1) is 12.9. The zero-order valence-corrected chi connectivity index (χ0v) is 13.2. The minimum atomic E-state index is 0.366. The van der Waals surface area contributed by atoms with Crippen LogP contribution in [0.2, 0.25) is 0 Å². The van der Waals surface area contributed by atoms with E-state index in [1.54, 1.807) is 7.11 Å². The van der Waals surface area contributed by atoms with Crippen molar-refractivity contribution < 1.29 is 9.53 Å². The lowest BCUT2D eigenvalue weighted by molar-refractivity contribution is -0.120. The predicted octanol–water partition coefficient (Wildman–Crippen LogP) is 3.86. The zero-order valence-electron chi connectivity index (χ0n) is 11.6. The molecule has 3 aliphatic rings. The number of rotatable bonds is 4. The third-order valence-electron chi connectivity index (χ3n) is 5.71. The summed E-state index contributed by atoms with van der Waals surface area (Å²) < 4.78 is 6.39. The monoisotopic (exact) mass is 334 g/mol. The molecule has 1 aromatic carbocycles. The van der Waals surface area contributed by atoms with Crippen molar-refractivity contribution in [2.45, 2.75) is 25.7 Å². The van der Waals surface area contributed by atoms with Gasteiger partial charge in [0.25, 0.3) is 0 Å². The van der Waals surface area contributed by atoms with E-state index >= 15 is 0 Å². The first-order chi connectivity index (χ1) is 9.69. The smallest absolute Gasteiger partial charge is 0.141 e. The summed E-state index contributed by atoms with van der Waals surface area (Å²) in [5.74, 6) is 4.83. The summed E-state index contributed by atoms with van der Waals surface area (Å²) in [5.41, 5.74) is 1.02. The molecule has 3 fully saturated rings. The van der Waals surface area contributed by atoms with Crippen molar-refractivity contribution >= 4 is 21.7 Å². The number of hydrogen-bond donors (Lipinski definition) is 0. The van der Waals surface area contributed by atoms with Gasteiger partial charge in [0, 0.05) is 22.4 Å². The number of carbonyl (C=O) groups excluding carboxylic acids is 1. The molecule has 1 aromatic rings. The summed E-state index contributed by atoms with van der Waals surface area (Å²) in [6.07, 6.45) is 4.67. The Balaban J connectivity index is 1.50. The van der Waals surface area contributed by atoms with E-state index < -0.39 is 0 Å². The lowest BCUT2D eigenvalue weighted by atomic mass is 9.96. The Morgan fingerprint density at radius 3 is 2.65 bits per heavy atom.